The largest absolute Gasteiger partial charge is 0.493 e. The Morgan fingerprint density at radius 1 is 0.881 bits per heavy atom. The molecule has 1 unspecified atom stereocenters. The molecule has 3 aromatic rings. The second kappa shape index (κ2) is 14.4. The van der Waals surface area contributed by atoms with Gasteiger partial charge in [-0.15, -0.1) is 11.3 Å². The van der Waals surface area contributed by atoms with Crippen molar-refractivity contribution in [3.8, 4) is 17.2 Å². The number of nitrogens with zero attached hydrogens (tertiary/aromatic N) is 2. The van der Waals surface area contributed by atoms with E-state index in [0.717, 1.165) is 57.5 Å². The Morgan fingerprint density at radius 3 is 2.19 bits per heavy atom. The van der Waals surface area contributed by atoms with Crippen LogP contribution in [0.15, 0.2) is 48.5 Å². The Hall–Kier alpha value is -3.03. The van der Waals surface area contributed by atoms with Gasteiger partial charge in [0.15, 0.2) is 11.5 Å². The first-order valence-corrected chi connectivity index (χ1v) is 15.9. The molecule has 1 atom stereocenters. The van der Waals surface area contributed by atoms with Gasteiger partial charge in [0.1, 0.15) is 0 Å². The van der Waals surface area contributed by atoms with Gasteiger partial charge in [-0.05, 0) is 61.3 Å². The number of piperazine rings is 1. The van der Waals surface area contributed by atoms with Crippen LogP contribution in [0.4, 0.5) is 0 Å². The van der Waals surface area contributed by atoms with Crippen LogP contribution in [0.1, 0.15) is 66.0 Å². The average Bonchev–Trinajstić information content (AvgIpc) is 3.43. The third kappa shape index (κ3) is 8.29. The van der Waals surface area contributed by atoms with Gasteiger partial charge in [-0.3, -0.25) is 9.69 Å². The number of carbonyl (C=O) groups is 1. The summed E-state index contributed by atoms with van der Waals surface area (Å²) in [5, 5.41) is 0. The quantitative estimate of drug-likeness (QED) is 0.212. The van der Waals surface area contributed by atoms with Gasteiger partial charge in [-0.25, -0.2) is 0 Å². The summed E-state index contributed by atoms with van der Waals surface area (Å²) in [6.07, 6.45) is 3.68. The summed E-state index contributed by atoms with van der Waals surface area (Å²) in [5.74, 6) is 2.75. The van der Waals surface area contributed by atoms with Crippen molar-refractivity contribution in [2.24, 2.45) is 5.41 Å². The second-order valence-electron chi connectivity index (χ2n) is 12.4. The van der Waals surface area contributed by atoms with Crippen molar-refractivity contribution in [1.29, 1.82) is 0 Å². The zero-order valence-corrected chi connectivity index (χ0v) is 27.3. The number of hydrogen-bond donors (Lipinski definition) is 0. The highest BCUT2D eigenvalue weighted by Gasteiger charge is 2.28. The highest BCUT2D eigenvalue weighted by atomic mass is 32.1. The molecule has 0 radical (unpaired) electrons. The molecule has 0 N–H and O–H groups in total. The first-order valence-electron chi connectivity index (χ1n) is 15.0. The standard InChI is InChI=1S/C35H48N2O4S/c1-25-8-10-27(11-9-25)26(2)22-30-14-13-29(42-30)16-17-35(3,4)23-32(38)37-20-18-36(19-21-37)24-28-12-15-31(39-5)34(41-7)33(28)40-6/h8-15,26H,16-24H2,1-7H3. The third-order valence-corrected chi connectivity index (χ3v) is 9.62. The number of ether oxygens (including phenoxy) is 3. The van der Waals surface area contributed by atoms with Crippen LogP contribution in [-0.2, 0) is 24.2 Å². The molecule has 0 bridgehead atoms. The van der Waals surface area contributed by atoms with Crippen molar-refractivity contribution in [3.05, 3.63) is 75.0 Å². The van der Waals surface area contributed by atoms with Crippen LogP contribution in [0.3, 0.4) is 0 Å². The Labute approximate surface area is 256 Å². The van der Waals surface area contributed by atoms with E-state index >= 15 is 0 Å². The topological polar surface area (TPSA) is 51.2 Å². The maximum Gasteiger partial charge on any atom is 0.223 e. The number of aryl methyl sites for hydroxylation is 2. The Morgan fingerprint density at radius 2 is 1.55 bits per heavy atom. The van der Waals surface area contributed by atoms with Crippen molar-refractivity contribution in [1.82, 2.24) is 9.80 Å². The molecule has 6 nitrogen and oxygen atoms in total. The number of methoxy groups -OCH3 is 3. The van der Waals surface area contributed by atoms with E-state index in [1.165, 1.54) is 20.9 Å². The van der Waals surface area contributed by atoms with Crippen LogP contribution in [0.25, 0.3) is 0 Å². The lowest BCUT2D eigenvalue weighted by molar-refractivity contribution is -0.135. The van der Waals surface area contributed by atoms with Gasteiger partial charge in [0.25, 0.3) is 0 Å². The third-order valence-electron chi connectivity index (χ3n) is 8.45. The predicted molar refractivity (Wildman–Crippen MR) is 172 cm³/mol. The maximum atomic E-state index is 13.3. The van der Waals surface area contributed by atoms with Gasteiger partial charge >= 0.3 is 0 Å². The van der Waals surface area contributed by atoms with E-state index in [0.29, 0.717) is 29.6 Å². The Balaban J connectivity index is 1.23. The molecule has 1 saturated heterocycles. The fourth-order valence-corrected chi connectivity index (χ4v) is 6.88. The average molecular weight is 593 g/mol. The van der Waals surface area contributed by atoms with Crippen LogP contribution < -0.4 is 14.2 Å². The molecule has 1 aliphatic rings. The van der Waals surface area contributed by atoms with E-state index in [9.17, 15) is 4.79 Å². The number of hydrogen-bond acceptors (Lipinski definition) is 6. The summed E-state index contributed by atoms with van der Waals surface area (Å²) in [5.41, 5.74) is 3.72. The van der Waals surface area contributed by atoms with Crippen LogP contribution >= 0.6 is 11.3 Å². The minimum absolute atomic E-state index is 0.0411. The van der Waals surface area contributed by atoms with Crippen molar-refractivity contribution in [3.63, 3.8) is 0 Å². The molecular weight excluding hydrogens is 544 g/mol. The second-order valence-corrected chi connectivity index (χ2v) is 13.6. The molecule has 2 heterocycles. The van der Waals surface area contributed by atoms with Crippen molar-refractivity contribution in [2.45, 2.75) is 65.8 Å². The lowest BCUT2D eigenvalue weighted by atomic mass is 9.83. The van der Waals surface area contributed by atoms with E-state index in [4.69, 9.17) is 14.2 Å². The zero-order chi connectivity index (χ0) is 30.3. The minimum atomic E-state index is -0.0411. The van der Waals surface area contributed by atoms with Gasteiger partial charge < -0.3 is 19.1 Å². The van der Waals surface area contributed by atoms with Gasteiger partial charge in [0, 0.05) is 54.5 Å². The predicted octanol–water partition coefficient (Wildman–Crippen LogP) is 7.12. The zero-order valence-electron chi connectivity index (χ0n) is 26.5. The highest BCUT2D eigenvalue weighted by molar-refractivity contribution is 7.12. The van der Waals surface area contributed by atoms with E-state index < -0.39 is 0 Å². The van der Waals surface area contributed by atoms with E-state index in [2.05, 4.69) is 69.0 Å². The fraction of sp³-hybridized carbons (Fsp3) is 0.514. The molecule has 4 rings (SSSR count). The van der Waals surface area contributed by atoms with E-state index in [1.54, 1.807) is 21.3 Å². The summed E-state index contributed by atoms with van der Waals surface area (Å²) < 4.78 is 16.6. The van der Waals surface area contributed by atoms with Gasteiger partial charge in [-0.1, -0.05) is 56.7 Å². The summed E-state index contributed by atoms with van der Waals surface area (Å²) in [6.45, 7) is 12.8. The van der Waals surface area contributed by atoms with Crippen molar-refractivity contribution >= 4 is 17.2 Å². The van der Waals surface area contributed by atoms with Crippen LogP contribution in [0.5, 0.6) is 17.2 Å². The molecule has 2 aromatic carbocycles. The van der Waals surface area contributed by atoms with Crippen LogP contribution in [0, 0.1) is 12.3 Å². The maximum absolute atomic E-state index is 13.3. The molecule has 0 aliphatic carbocycles. The normalized spacial score (nSPS) is 15.0. The smallest absolute Gasteiger partial charge is 0.223 e. The molecule has 0 saturated carbocycles. The van der Waals surface area contributed by atoms with E-state index in [-0.39, 0.29) is 11.3 Å². The molecule has 42 heavy (non-hydrogen) atoms. The Kier molecular flexibility index (Phi) is 11.0. The lowest BCUT2D eigenvalue weighted by Gasteiger charge is -2.36. The van der Waals surface area contributed by atoms with Crippen molar-refractivity contribution in [2.75, 3.05) is 47.5 Å². The van der Waals surface area contributed by atoms with Gasteiger partial charge in [0.05, 0.1) is 21.3 Å². The molecule has 7 heteroatoms. The first-order chi connectivity index (χ1) is 20.1. The van der Waals surface area contributed by atoms with E-state index in [1.807, 2.05) is 28.4 Å². The highest BCUT2D eigenvalue weighted by Crippen LogP contribution is 2.40. The van der Waals surface area contributed by atoms with Crippen molar-refractivity contribution < 1.29 is 19.0 Å². The summed E-state index contributed by atoms with van der Waals surface area (Å²) in [6, 6.07) is 17.4. The molecular formula is C35H48N2O4S. The number of amides is 1. The number of carbonyl (C=O) groups excluding carboxylic acids is 1. The molecule has 1 amide bonds. The van der Waals surface area contributed by atoms with Gasteiger partial charge in [-0.2, -0.15) is 0 Å². The fourth-order valence-electron chi connectivity index (χ4n) is 5.74. The summed E-state index contributed by atoms with van der Waals surface area (Å²) in [4.78, 5) is 20.6. The number of benzene rings is 2. The van der Waals surface area contributed by atoms with Crippen LogP contribution in [-0.4, -0.2) is 63.2 Å². The molecule has 1 aromatic heterocycles. The summed E-state index contributed by atoms with van der Waals surface area (Å²) in [7, 11) is 4.91. The monoisotopic (exact) mass is 592 g/mol. The van der Waals surface area contributed by atoms with Gasteiger partial charge in [0.2, 0.25) is 11.7 Å². The Bertz CT molecular complexity index is 1310. The molecule has 0 spiro atoms. The molecule has 228 valence electrons. The number of rotatable bonds is 13. The first kappa shape index (κ1) is 31.9. The lowest BCUT2D eigenvalue weighted by Crippen LogP contribution is -2.49. The minimum Gasteiger partial charge on any atom is -0.493 e. The molecule has 1 aliphatic heterocycles. The summed E-state index contributed by atoms with van der Waals surface area (Å²) >= 11 is 1.93. The number of thiophene rings is 1. The molecule has 1 fully saturated rings. The SMILES string of the molecule is COc1ccc(CN2CCN(C(=O)CC(C)(C)CCc3ccc(CC(C)c4ccc(C)cc4)s3)CC2)c(OC)c1OC. The van der Waals surface area contributed by atoms with Crippen LogP contribution in [0.2, 0.25) is 0 Å².